The normalized spacial score (nSPS) is 19.4. The number of amides is 1. The van der Waals surface area contributed by atoms with Crippen LogP contribution in [0.25, 0.3) is 10.9 Å². The minimum absolute atomic E-state index is 0.0222. The summed E-state index contributed by atoms with van der Waals surface area (Å²) in [5.41, 5.74) is 1.87. The number of nitrogens with zero attached hydrogens (tertiary/aromatic N) is 3. The van der Waals surface area contributed by atoms with Crippen molar-refractivity contribution >= 4 is 22.5 Å². The van der Waals surface area contributed by atoms with Crippen LogP contribution >= 0.6 is 0 Å². The Labute approximate surface area is 256 Å². The first-order chi connectivity index (χ1) is 21.3. The van der Waals surface area contributed by atoms with Crippen molar-refractivity contribution < 1.29 is 23.4 Å². The van der Waals surface area contributed by atoms with Crippen LogP contribution in [-0.2, 0) is 11.2 Å². The number of fused-ring (bicyclic) bond motifs is 2. The molecule has 2 aliphatic rings. The fourth-order valence-corrected chi connectivity index (χ4v) is 6.36. The van der Waals surface area contributed by atoms with Gasteiger partial charge in [-0.2, -0.15) is 0 Å². The van der Waals surface area contributed by atoms with E-state index >= 15 is 4.39 Å². The monoisotopic (exact) mass is 597 g/mol. The van der Waals surface area contributed by atoms with E-state index in [2.05, 4.69) is 39.1 Å². The van der Waals surface area contributed by atoms with E-state index in [1.807, 2.05) is 36.4 Å². The lowest BCUT2D eigenvalue weighted by molar-refractivity contribution is -0.119. The number of benzene rings is 3. The molecule has 1 aromatic heterocycles. The second kappa shape index (κ2) is 12.9. The Morgan fingerprint density at radius 2 is 1.80 bits per heavy atom. The number of hydrogen-bond donors (Lipinski definition) is 2. The second-order valence-electron chi connectivity index (χ2n) is 11.7. The molecular formula is C34H36FN5O4. The number of halogens is 1. The van der Waals surface area contributed by atoms with Gasteiger partial charge in [0.1, 0.15) is 12.1 Å². The fraction of sp³-hybridized carbons (Fsp3) is 0.324. The number of ether oxygens (including phenoxy) is 3. The molecule has 1 amide bonds. The highest BCUT2D eigenvalue weighted by atomic mass is 19.1. The van der Waals surface area contributed by atoms with E-state index in [1.54, 1.807) is 19.2 Å². The van der Waals surface area contributed by atoms with Crippen LogP contribution in [0.3, 0.4) is 0 Å². The van der Waals surface area contributed by atoms with Crippen molar-refractivity contribution in [1.29, 1.82) is 0 Å². The van der Waals surface area contributed by atoms with Crippen LogP contribution in [0.4, 0.5) is 10.1 Å². The molecule has 9 nitrogen and oxygen atoms in total. The van der Waals surface area contributed by atoms with E-state index in [0.717, 1.165) is 17.4 Å². The zero-order valence-electron chi connectivity index (χ0n) is 24.9. The first-order valence-corrected chi connectivity index (χ1v) is 14.8. The molecule has 6 rings (SSSR count). The molecule has 1 saturated carbocycles. The Hall–Kier alpha value is -4.70. The molecule has 0 radical (unpaired) electrons. The van der Waals surface area contributed by atoms with Gasteiger partial charge < -0.3 is 29.7 Å². The van der Waals surface area contributed by atoms with Crippen molar-refractivity contribution in [3.05, 3.63) is 90.8 Å². The van der Waals surface area contributed by atoms with Crippen LogP contribution in [-0.4, -0.2) is 54.6 Å². The summed E-state index contributed by atoms with van der Waals surface area (Å²) < 4.78 is 32.9. The fourth-order valence-electron chi connectivity index (χ4n) is 6.36. The Morgan fingerprint density at radius 3 is 2.52 bits per heavy atom. The first kappa shape index (κ1) is 29.4. The molecule has 228 valence electrons. The van der Waals surface area contributed by atoms with Crippen molar-refractivity contribution in [2.45, 2.75) is 19.3 Å². The number of carbonyl (C=O) groups is 1. The number of rotatable bonds is 11. The van der Waals surface area contributed by atoms with Crippen LogP contribution in [0, 0.1) is 23.6 Å². The summed E-state index contributed by atoms with van der Waals surface area (Å²) in [4.78, 5) is 23.4. The van der Waals surface area contributed by atoms with E-state index in [9.17, 15) is 4.79 Å². The molecular weight excluding hydrogens is 561 g/mol. The van der Waals surface area contributed by atoms with E-state index in [4.69, 9.17) is 14.2 Å². The van der Waals surface area contributed by atoms with E-state index in [-0.39, 0.29) is 29.8 Å². The molecule has 3 aromatic carbocycles. The van der Waals surface area contributed by atoms with Crippen LogP contribution < -0.4 is 24.8 Å². The third-order valence-corrected chi connectivity index (χ3v) is 8.32. The first-order valence-electron chi connectivity index (χ1n) is 14.8. The molecule has 10 heteroatoms. The second-order valence-corrected chi connectivity index (χ2v) is 11.7. The van der Waals surface area contributed by atoms with Crippen LogP contribution in [0.1, 0.15) is 18.4 Å². The highest BCUT2D eigenvalue weighted by molar-refractivity contribution is 5.87. The van der Waals surface area contributed by atoms with Crippen molar-refractivity contribution in [2.24, 2.45) is 17.8 Å². The molecule has 2 N–H and O–H groups in total. The highest BCUT2D eigenvalue weighted by Gasteiger charge is 2.39. The minimum atomic E-state index is -0.621. The summed E-state index contributed by atoms with van der Waals surface area (Å²) in [6, 6.07) is 17.3. The van der Waals surface area contributed by atoms with Gasteiger partial charge in [-0.15, -0.1) is 0 Å². The molecule has 1 unspecified atom stereocenters. The molecule has 0 spiro atoms. The number of aromatic nitrogens is 2. The van der Waals surface area contributed by atoms with E-state index in [0.29, 0.717) is 40.6 Å². The van der Waals surface area contributed by atoms with Gasteiger partial charge in [-0.25, -0.2) is 14.4 Å². The third kappa shape index (κ3) is 6.75. The molecule has 1 aliphatic carbocycles. The SMILES string of the molecule is C=C(NC(=O)Cc1ccccc1)Nc1ccc(Oc2ncnc3cc(OCC4C[C@@H]5CN(C)C[C@@H]5C4)c(OC)cc23)c(F)c1. The molecule has 0 bridgehead atoms. The van der Waals surface area contributed by atoms with Gasteiger partial charge in [-0.3, -0.25) is 4.79 Å². The Bertz CT molecular complexity index is 1650. The number of hydrogen-bond acceptors (Lipinski definition) is 8. The summed E-state index contributed by atoms with van der Waals surface area (Å²) in [5, 5.41) is 6.15. The lowest BCUT2D eigenvalue weighted by Gasteiger charge is -2.17. The smallest absolute Gasteiger partial charge is 0.230 e. The molecule has 1 aliphatic heterocycles. The Kier molecular flexibility index (Phi) is 8.60. The number of carbonyl (C=O) groups excluding carboxylic acids is 1. The standard InChI is InChI=1S/C34H36FN5O4/c1-21(39-33(41)13-22-7-5-4-6-8-22)38-26-9-10-30(28(35)14-26)44-34-27-15-31(42-3)32(16-29(27)36-20-37-34)43-19-23-11-24-17-40(2)18-25(24)12-23/h4-10,14-16,20,23-25,38H,1,11-13,17-19H2,2-3H3,(H,39,41)/t23?,24-,25+. The van der Waals surface area contributed by atoms with Gasteiger partial charge in [0.25, 0.3) is 0 Å². The van der Waals surface area contributed by atoms with E-state index < -0.39 is 5.82 Å². The van der Waals surface area contributed by atoms with Gasteiger partial charge in [0, 0.05) is 30.9 Å². The summed E-state index contributed by atoms with van der Waals surface area (Å²) >= 11 is 0. The Morgan fingerprint density at radius 1 is 1.02 bits per heavy atom. The van der Waals surface area contributed by atoms with Crippen molar-refractivity contribution in [1.82, 2.24) is 20.2 Å². The maximum absolute atomic E-state index is 15.1. The van der Waals surface area contributed by atoms with Crippen molar-refractivity contribution in [2.75, 3.05) is 39.2 Å². The van der Waals surface area contributed by atoms with Crippen LogP contribution in [0.5, 0.6) is 23.1 Å². The number of methoxy groups -OCH3 is 1. The lowest BCUT2D eigenvalue weighted by atomic mass is 10.0. The predicted octanol–water partition coefficient (Wildman–Crippen LogP) is 5.78. The Balaban J connectivity index is 1.10. The molecule has 2 heterocycles. The number of anilines is 1. The quantitative estimate of drug-likeness (QED) is 0.225. The summed E-state index contributed by atoms with van der Waals surface area (Å²) in [6.07, 6.45) is 3.94. The largest absolute Gasteiger partial charge is 0.493 e. The topological polar surface area (TPSA) is 97.8 Å². The summed E-state index contributed by atoms with van der Waals surface area (Å²) in [6.45, 7) is 6.79. The lowest BCUT2D eigenvalue weighted by Crippen LogP contribution is -2.27. The van der Waals surface area contributed by atoms with Crippen LogP contribution in [0.2, 0.25) is 0 Å². The minimum Gasteiger partial charge on any atom is -0.493 e. The molecule has 4 aromatic rings. The van der Waals surface area contributed by atoms with Gasteiger partial charge in [-0.05, 0) is 61.4 Å². The zero-order valence-corrected chi connectivity index (χ0v) is 24.9. The van der Waals surface area contributed by atoms with E-state index in [1.165, 1.54) is 44.4 Å². The number of likely N-dealkylation sites (tertiary alicyclic amines) is 1. The maximum atomic E-state index is 15.1. The molecule has 44 heavy (non-hydrogen) atoms. The van der Waals surface area contributed by atoms with Gasteiger partial charge in [0.15, 0.2) is 23.1 Å². The van der Waals surface area contributed by atoms with Crippen molar-refractivity contribution in [3.8, 4) is 23.1 Å². The number of nitrogens with one attached hydrogen (secondary N) is 2. The van der Waals surface area contributed by atoms with Crippen molar-refractivity contribution in [3.63, 3.8) is 0 Å². The summed E-state index contributed by atoms with van der Waals surface area (Å²) in [5.74, 6) is 2.71. The average molecular weight is 598 g/mol. The summed E-state index contributed by atoms with van der Waals surface area (Å²) in [7, 11) is 3.77. The predicted molar refractivity (Wildman–Crippen MR) is 166 cm³/mol. The maximum Gasteiger partial charge on any atom is 0.230 e. The van der Waals surface area contributed by atoms with Gasteiger partial charge in [0.05, 0.1) is 31.0 Å². The zero-order chi connectivity index (χ0) is 30.6. The molecule has 2 fully saturated rings. The molecule has 1 saturated heterocycles. The van der Waals surface area contributed by atoms with Gasteiger partial charge in [0.2, 0.25) is 11.8 Å². The highest BCUT2D eigenvalue weighted by Crippen LogP contribution is 2.42. The van der Waals surface area contributed by atoms with Gasteiger partial charge >= 0.3 is 0 Å². The average Bonchev–Trinajstić information content (AvgIpc) is 3.54. The van der Waals surface area contributed by atoms with Crippen LogP contribution in [0.15, 0.2) is 79.4 Å². The third-order valence-electron chi connectivity index (χ3n) is 8.32. The van der Waals surface area contributed by atoms with Gasteiger partial charge in [-0.1, -0.05) is 36.9 Å². The molecule has 3 atom stereocenters.